The smallest absolute Gasteiger partial charge is 0.268 e. The maximum atomic E-state index is 12.7. The van der Waals surface area contributed by atoms with E-state index < -0.39 is 23.5 Å². The molecule has 0 radical (unpaired) electrons. The van der Waals surface area contributed by atoms with Gasteiger partial charge in [-0.3, -0.25) is 5.84 Å². The van der Waals surface area contributed by atoms with Gasteiger partial charge in [0.25, 0.3) is 0 Å². The molecule has 8 heteroatoms. The average Bonchev–Trinajstić information content (AvgIpc) is 2.95. The number of benzene rings is 2. The highest BCUT2D eigenvalue weighted by Gasteiger charge is 2.35. The molecule has 2 N–H and O–H groups in total. The zero-order valence-corrected chi connectivity index (χ0v) is 13.5. The van der Waals surface area contributed by atoms with E-state index in [4.69, 9.17) is 5.84 Å². The van der Waals surface area contributed by atoms with Gasteiger partial charge in [0.05, 0.1) is 11.1 Å². The molecule has 0 aromatic heterocycles. The van der Waals surface area contributed by atoms with E-state index in [9.17, 15) is 26.3 Å². The van der Waals surface area contributed by atoms with Crippen molar-refractivity contribution < 1.29 is 26.3 Å². The van der Waals surface area contributed by atoms with Crippen molar-refractivity contribution >= 4 is 0 Å². The first-order valence-corrected chi connectivity index (χ1v) is 7.95. The van der Waals surface area contributed by atoms with E-state index in [1.54, 1.807) is 0 Å². The van der Waals surface area contributed by atoms with Gasteiger partial charge < -0.3 is 0 Å². The molecule has 0 spiro atoms. The van der Waals surface area contributed by atoms with Gasteiger partial charge in [-0.2, -0.15) is 26.3 Å². The molecule has 0 amide bonds. The molecule has 26 heavy (non-hydrogen) atoms. The maximum absolute atomic E-state index is 12.7. The highest BCUT2D eigenvalue weighted by atomic mass is 19.4. The Morgan fingerprint density at radius 2 is 0.962 bits per heavy atom. The summed E-state index contributed by atoms with van der Waals surface area (Å²) in [5.74, 6) is 6.12. The van der Waals surface area contributed by atoms with Gasteiger partial charge in [0.2, 0.25) is 0 Å². The number of nitrogens with zero attached hydrogens (tertiary/aromatic N) is 1. The van der Waals surface area contributed by atoms with Crippen molar-refractivity contribution in [3.8, 4) is 0 Å². The summed E-state index contributed by atoms with van der Waals surface area (Å²) in [5, 5.41) is 1.51. The fraction of sp³-hybridized carbons (Fsp3) is 0.333. The third kappa shape index (κ3) is 3.71. The Kier molecular flexibility index (Phi) is 4.74. The number of hydrogen-bond acceptors (Lipinski definition) is 2. The van der Waals surface area contributed by atoms with Crippen molar-refractivity contribution in [2.45, 2.75) is 37.3 Å². The summed E-state index contributed by atoms with van der Waals surface area (Å²) in [6.45, 7) is 0. The zero-order chi connectivity index (χ0) is 19.1. The van der Waals surface area contributed by atoms with Crippen LogP contribution in [0.2, 0.25) is 0 Å². The summed E-state index contributed by atoms with van der Waals surface area (Å²) < 4.78 is 75.9. The molecule has 1 aliphatic heterocycles. The number of hydrogen-bond donors (Lipinski definition) is 1. The number of nitrogens with two attached hydrogens (primary N) is 1. The van der Waals surface area contributed by atoms with E-state index in [0.29, 0.717) is 24.0 Å². The van der Waals surface area contributed by atoms with Crippen molar-refractivity contribution in [2.24, 2.45) is 5.84 Å². The molecule has 0 unspecified atom stereocenters. The molecule has 2 aromatic carbocycles. The molecule has 3 rings (SSSR count). The summed E-state index contributed by atoms with van der Waals surface area (Å²) >= 11 is 0. The number of rotatable bonds is 2. The molecule has 1 aliphatic rings. The molecule has 140 valence electrons. The van der Waals surface area contributed by atoms with Gasteiger partial charge in [0.1, 0.15) is 0 Å². The number of hydrazine groups is 1. The van der Waals surface area contributed by atoms with E-state index in [2.05, 4.69) is 0 Å². The second-order valence-electron chi connectivity index (χ2n) is 6.30. The predicted octanol–water partition coefficient (Wildman–Crippen LogP) is 5.48. The SMILES string of the molecule is NN1[C@H](c2ccc(C(F)(F)F)cc2)CC[C@H]1c1ccc(C(F)(F)F)cc1. The van der Waals surface area contributed by atoms with Crippen LogP contribution in [-0.2, 0) is 12.4 Å². The minimum absolute atomic E-state index is 0.287. The summed E-state index contributed by atoms with van der Waals surface area (Å²) in [6, 6.07) is 9.02. The quantitative estimate of drug-likeness (QED) is 0.557. The molecule has 1 heterocycles. The Balaban J connectivity index is 1.76. The molecule has 2 aromatic rings. The lowest BCUT2D eigenvalue weighted by molar-refractivity contribution is -0.138. The van der Waals surface area contributed by atoms with Crippen LogP contribution in [0.5, 0.6) is 0 Å². The lowest BCUT2D eigenvalue weighted by atomic mass is 10.0. The second kappa shape index (κ2) is 6.59. The molecule has 1 saturated heterocycles. The Morgan fingerprint density at radius 3 is 1.23 bits per heavy atom. The van der Waals surface area contributed by atoms with Gasteiger partial charge in [-0.15, -0.1) is 0 Å². The largest absolute Gasteiger partial charge is 0.416 e. The number of halogens is 6. The molecule has 0 bridgehead atoms. The van der Waals surface area contributed by atoms with Crippen molar-refractivity contribution in [2.75, 3.05) is 0 Å². The molecular formula is C18H16F6N2. The monoisotopic (exact) mass is 374 g/mol. The van der Waals surface area contributed by atoms with Crippen molar-refractivity contribution in [3.05, 3.63) is 70.8 Å². The molecule has 2 atom stereocenters. The van der Waals surface area contributed by atoms with Crippen LogP contribution < -0.4 is 5.84 Å². The highest BCUT2D eigenvalue weighted by Crippen LogP contribution is 2.42. The summed E-state index contributed by atoms with van der Waals surface area (Å²) in [4.78, 5) is 0. The minimum Gasteiger partial charge on any atom is -0.268 e. The molecule has 1 fully saturated rings. The summed E-state index contributed by atoms with van der Waals surface area (Å²) in [6.07, 6.45) is -7.60. The first-order valence-electron chi connectivity index (χ1n) is 7.95. The molecule has 0 saturated carbocycles. The molecule has 0 aliphatic carbocycles. The Bertz CT molecular complexity index is 684. The first kappa shape index (κ1) is 18.7. The molecular weight excluding hydrogens is 358 g/mol. The van der Waals surface area contributed by atoms with Crippen LogP contribution in [0.1, 0.15) is 47.2 Å². The fourth-order valence-corrected chi connectivity index (χ4v) is 3.30. The lowest BCUT2D eigenvalue weighted by Crippen LogP contribution is -2.33. The fourth-order valence-electron chi connectivity index (χ4n) is 3.30. The summed E-state index contributed by atoms with van der Waals surface area (Å²) in [7, 11) is 0. The Morgan fingerprint density at radius 1 is 0.654 bits per heavy atom. The minimum atomic E-state index is -4.40. The van der Waals surface area contributed by atoms with Gasteiger partial charge in [-0.05, 0) is 48.2 Å². The van der Waals surface area contributed by atoms with Crippen LogP contribution in [0.3, 0.4) is 0 Å². The third-order valence-electron chi connectivity index (χ3n) is 4.68. The van der Waals surface area contributed by atoms with Gasteiger partial charge in [-0.1, -0.05) is 24.3 Å². The standard InChI is InChI=1S/C18H16F6N2/c19-17(20,21)13-5-1-11(2-6-13)15-9-10-16(26(15)25)12-3-7-14(8-4-12)18(22,23)24/h1-8,15-16H,9-10,25H2/t15-,16-/m0/s1. The van der Waals surface area contributed by atoms with Crippen LogP contribution in [0.15, 0.2) is 48.5 Å². The highest BCUT2D eigenvalue weighted by molar-refractivity contribution is 5.31. The third-order valence-corrected chi connectivity index (χ3v) is 4.68. The summed E-state index contributed by atoms with van der Waals surface area (Å²) in [5.41, 5.74) is -0.172. The van der Waals surface area contributed by atoms with Crippen LogP contribution in [0.25, 0.3) is 0 Å². The Hall–Kier alpha value is -2.06. The first-order chi connectivity index (χ1) is 12.1. The van der Waals surface area contributed by atoms with Crippen molar-refractivity contribution in [3.63, 3.8) is 0 Å². The Labute approximate surface area is 146 Å². The zero-order valence-electron chi connectivity index (χ0n) is 13.5. The van der Waals surface area contributed by atoms with Crippen molar-refractivity contribution in [1.82, 2.24) is 5.01 Å². The van der Waals surface area contributed by atoms with Gasteiger partial charge in [0.15, 0.2) is 0 Å². The van der Waals surface area contributed by atoms with Crippen LogP contribution in [0.4, 0.5) is 26.3 Å². The molecule has 2 nitrogen and oxygen atoms in total. The van der Waals surface area contributed by atoms with Crippen LogP contribution >= 0.6 is 0 Å². The van der Waals surface area contributed by atoms with Crippen LogP contribution in [-0.4, -0.2) is 5.01 Å². The number of alkyl halides is 6. The topological polar surface area (TPSA) is 29.3 Å². The van der Waals surface area contributed by atoms with E-state index >= 15 is 0 Å². The normalized spacial score (nSPS) is 22.0. The lowest BCUT2D eigenvalue weighted by Gasteiger charge is -2.26. The van der Waals surface area contributed by atoms with E-state index in [1.807, 2.05) is 0 Å². The van der Waals surface area contributed by atoms with Crippen LogP contribution in [0, 0.1) is 0 Å². The predicted molar refractivity (Wildman–Crippen MR) is 83.6 cm³/mol. The van der Waals surface area contributed by atoms with Gasteiger partial charge >= 0.3 is 12.4 Å². The van der Waals surface area contributed by atoms with Gasteiger partial charge in [-0.25, -0.2) is 5.01 Å². The van der Waals surface area contributed by atoms with Gasteiger partial charge in [0, 0.05) is 12.1 Å². The average molecular weight is 374 g/mol. The van der Waals surface area contributed by atoms with Crippen molar-refractivity contribution in [1.29, 1.82) is 0 Å². The van der Waals surface area contributed by atoms with E-state index in [-0.39, 0.29) is 12.1 Å². The van der Waals surface area contributed by atoms with E-state index in [1.165, 1.54) is 29.3 Å². The maximum Gasteiger partial charge on any atom is 0.416 e. The van der Waals surface area contributed by atoms with E-state index in [0.717, 1.165) is 24.3 Å². The second-order valence-corrected chi connectivity index (χ2v) is 6.30.